The summed E-state index contributed by atoms with van der Waals surface area (Å²) >= 11 is 7.84. The molecule has 0 aromatic carbocycles. The summed E-state index contributed by atoms with van der Waals surface area (Å²) in [7, 11) is 4.51. The summed E-state index contributed by atoms with van der Waals surface area (Å²) in [5.74, 6) is 0.675. The zero-order valence-electron chi connectivity index (χ0n) is 14.4. The molecule has 1 aliphatic carbocycles. The van der Waals surface area contributed by atoms with Crippen molar-refractivity contribution in [2.45, 2.75) is 11.0 Å². The summed E-state index contributed by atoms with van der Waals surface area (Å²) < 4.78 is 17.0. The first-order valence-corrected chi connectivity index (χ1v) is 8.99. The fourth-order valence-corrected chi connectivity index (χ4v) is 3.99. The topological polar surface area (TPSA) is 70.5 Å². The molecule has 8 heteroatoms. The largest absolute Gasteiger partial charge is 0.495 e. The smallest absolute Gasteiger partial charge is 0.176 e. The van der Waals surface area contributed by atoms with Gasteiger partial charge in [-0.25, -0.2) is 4.98 Å². The van der Waals surface area contributed by atoms with Crippen molar-refractivity contribution >= 4 is 29.2 Å². The van der Waals surface area contributed by atoms with E-state index in [9.17, 15) is 4.79 Å². The summed E-state index contributed by atoms with van der Waals surface area (Å²) in [6, 6.07) is 3.64. The zero-order valence-corrected chi connectivity index (χ0v) is 16.0. The second-order valence-electron chi connectivity index (χ2n) is 5.40. The van der Waals surface area contributed by atoms with E-state index in [0.29, 0.717) is 34.6 Å². The monoisotopic (exact) mass is 392 g/mol. The lowest BCUT2D eigenvalue weighted by molar-refractivity contribution is -0.105. The van der Waals surface area contributed by atoms with Gasteiger partial charge in [-0.05, 0) is 12.1 Å². The zero-order chi connectivity index (χ0) is 18.7. The molecule has 2 aromatic heterocycles. The Kier molecular flexibility index (Phi) is 5.41. The van der Waals surface area contributed by atoms with Crippen molar-refractivity contribution in [2.24, 2.45) is 0 Å². The molecule has 0 saturated carbocycles. The lowest BCUT2D eigenvalue weighted by atomic mass is 9.82. The number of ether oxygens (including phenoxy) is 3. The number of alkyl halides is 1. The molecule has 0 saturated heterocycles. The fourth-order valence-electron chi connectivity index (χ4n) is 3.04. The maximum absolute atomic E-state index is 11.6. The third-order valence-corrected chi connectivity index (χ3v) is 5.41. The summed E-state index contributed by atoms with van der Waals surface area (Å²) in [5.41, 5.74) is 0.396. The Balaban J connectivity index is 2.34. The first kappa shape index (κ1) is 18.6. The van der Waals surface area contributed by atoms with E-state index in [1.807, 2.05) is 11.4 Å². The van der Waals surface area contributed by atoms with Crippen molar-refractivity contribution in [1.29, 1.82) is 0 Å². The minimum absolute atomic E-state index is 0.314. The van der Waals surface area contributed by atoms with Crippen LogP contribution in [0.15, 0.2) is 53.1 Å². The number of allylic oxidation sites excluding steroid dienone is 1. The van der Waals surface area contributed by atoms with Crippen LogP contribution in [-0.2, 0) is 24.6 Å². The number of nitrogens with zero attached hydrogens (tertiary/aromatic N) is 2. The lowest BCUT2D eigenvalue weighted by Gasteiger charge is -2.37. The average molecular weight is 393 g/mol. The third kappa shape index (κ3) is 2.82. The van der Waals surface area contributed by atoms with Gasteiger partial charge in [-0.2, -0.15) is 0 Å². The van der Waals surface area contributed by atoms with Crippen LogP contribution in [0.5, 0.6) is 0 Å². The highest BCUT2D eigenvalue weighted by atomic mass is 35.5. The Morgan fingerprint density at radius 3 is 2.62 bits per heavy atom. The molecule has 0 aliphatic heterocycles. The van der Waals surface area contributed by atoms with E-state index < -0.39 is 11.0 Å². The van der Waals surface area contributed by atoms with Gasteiger partial charge in [0, 0.05) is 36.0 Å². The van der Waals surface area contributed by atoms with Gasteiger partial charge in [0.2, 0.25) is 0 Å². The molecule has 0 fully saturated rings. The molecule has 0 amide bonds. The van der Waals surface area contributed by atoms with Crippen molar-refractivity contribution < 1.29 is 19.0 Å². The number of halogens is 1. The van der Waals surface area contributed by atoms with Crippen LogP contribution in [-0.4, -0.2) is 43.0 Å². The Morgan fingerprint density at radius 2 is 2.04 bits per heavy atom. The average Bonchev–Trinajstić information content (AvgIpc) is 3.22. The summed E-state index contributed by atoms with van der Waals surface area (Å²) in [4.78, 5) is 20.4. The van der Waals surface area contributed by atoms with E-state index in [4.69, 9.17) is 25.8 Å². The molecular weight excluding hydrogens is 376 g/mol. The van der Waals surface area contributed by atoms with Crippen LogP contribution in [0, 0.1) is 0 Å². The molecular formula is C18H17ClN2O4S. The Hall–Kier alpha value is -2.22. The number of rotatable bonds is 6. The predicted octanol–water partition coefficient (Wildman–Crippen LogP) is 3.30. The van der Waals surface area contributed by atoms with Gasteiger partial charge in [0.1, 0.15) is 22.4 Å². The molecule has 0 N–H and O–H groups in total. The van der Waals surface area contributed by atoms with Crippen LogP contribution in [0.4, 0.5) is 0 Å². The molecule has 136 valence electrons. The van der Waals surface area contributed by atoms with Crippen molar-refractivity contribution in [3.8, 4) is 10.7 Å². The number of aromatic nitrogens is 2. The van der Waals surface area contributed by atoms with E-state index in [1.165, 1.54) is 32.7 Å². The highest BCUT2D eigenvalue weighted by molar-refractivity contribution is 7.13. The molecule has 0 spiro atoms. The van der Waals surface area contributed by atoms with E-state index in [2.05, 4.69) is 9.97 Å². The van der Waals surface area contributed by atoms with Gasteiger partial charge in [0.05, 0.1) is 14.2 Å². The molecule has 26 heavy (non-hydrogen) atoms. The van der Waals surface area contributed by atoms with Crippen molar-refractivity contribution in [3.63, 3.8) is 0 Å². The van der Waals surface area contributed by atoms with Gasteiger partial charge < -0.3 is 14.2 Å². The minimum atomic E-state index is -1.23. The second kappa shape index (κ2) is 7.57. The highest BCUT2D eigenvalue weighted by Crippen LogP contribution is 2.46. The van der Waals surface area contributed by atoms with E-state index in [0.717, 1.165) is 5.01 Å². The summed E-state index contributed by atoms with van der Waals surface area (Å²) in [5, 5.41) is 1.82. The predicted molar refractivity (Wildman–Crippen MR) is 98.9 cm³/mol. The highest BCUT2D eigenvalue weighted by Gasteiger charge is 2.47. The van der Waals surface area contributed by atoms with E-state index in [-0.39, 0.29) is 0 Å². The van der Waals surface area contributed by atoms with Crippen LogP contribution in [0.1, 0.15) is 5.56 Å². The number of hydrogen-bond acceptors (Lipinski definition) is 7. The van der Waals surface area contributed by atoms with Crippen molar-refractivity contribution in [1.82, 2.24) is 9.97 Å². The first-order valence-electron chi connectivity index (χ1n) is 7.68. The van der Waals surface area contributed by atoms with Crippen molar-refractivity contribution in [3.05, 3.63) is 58.6 Å². The van der Waals surface area contributed by atoms with Crippen molar-refractivity contribution in [2.75, 3.05) is 21.3 Å². The van der Waals surface area contributed by atoms with Crippen LogP contribution in [0.2, 0.25) is 0 Å². The second-order valence-corrected chi connectivity index (χ2v) is 6.73. The Morgan fingerprint density at radius 1 is 1.23 bits per heavy atom. The standard InChI is InChI=1S/C18H17ClN2O4S/c1-23-15-13(19)11(10-22)9-18(25-3,16(15)24-2)12-5-4-6-20-14(12)17-21-7-8-26-17/h4-10,13H,1-3H3. The molecule has 3 rings (SSSR count). The van der Waals surface area contributed by atoms with E-state index in [1.54, 1.807) is 24.5 Å². The molecule has 1 aliphatic rings. The molecule has 2 aromatic rings. The number of pyridine rings is 1. The SMILES string of the molecule is COC1=C(OC)C(OC)(c2cccnc2-c2nccs2)C=C(C=O)C1Cl. The number of aldehydes is 1. The normalized spacial score (nSPS) is 22.8. The molecule has 2 atom stereocenters. The summed E-state index contributed by atoms with van der Waals surface area (Å²) in [6.07, 6.45) is 5.71. The quantitative estimate of drug-likeness (QED) is 0.555. The minimum Gasteiger partial charge on any atom is -0.495 e. The number of thiazole rings is 1. The maximum Gasteiger partial charge on any atom is 0.176 e. The van der Waals surface area contributed by atoms with Gasteiger partial charge in [-0.3, -0.25) is 9.78 Å². The Labute approximate surface area is 160 Å². The molecule has 0 radical (unpaired) electrons. The van der Waals surface area contributed by atoms with Gasteiger partial charge in [0.15, 0.2) is 17.1 Å². The van der Waals surface area contributed by atoms with Crippen LogP contribution >= 0.6 is 22.9 Å². The van der Waals surface area contributed by atoms with Gasteiger partial charge in [-0.1, -0.05) is 6.07 Å². The lowest BCUT2D eigenvalue weighted by Crippen LogP contribution is -2.38. The van der Waals surface area contributed by atoms with Crippen LogP contribution < -0.4 is 0 Å². The van der Waals surface area contributed by atoms with E-state index >= 15 is 0 Å². The number of carbonyl (C=O) groups excluding carboxylic acids is 1. The molecule has 0 bridgehead atoms. The van der Waals surface area contributed by atoms with Gasteiger partial charge in [-0.15, -0.1) is 22.9 Å². The molecule has 2 unspecified atom stereocenters. The molecule has 2 heterocycles. The Bertz CT molecular complexity index is 866. The maximum atomic E-state index is 11.6. The number of methoxy groups -OCH3 is 3. The molecule has 6 nitrogen and oxygen atoms in total. The number of hydrogen-bond donors (Lipinski definition) is 0. The first-order chi connectivity index (χ1) is 12.6. The fraction of sp³-hybridized carbons (Fsp3) is 0.278. The van der Waals surface area contributed by atoms with Gasteiger partial charge in [0.25, 0.3) is 0 Å². The van der Waals surface area contributed by atoms with Gasteiger partial charge >= 0.3 is 0 Å². The third-order valence-electron chi connectivity index (χ3n) is 4.18. The van der Waals surface area contributed by atoms with Crippen LogP contribution in [0.3, 0.4) is 0 Å². The van der Waals surface area contributed by atoms with Crippen LogP contribution in [0.25, 0.3) is 10.7 Å². The summed E-state index contributed by atoms with van der Waals surface area (Å²) in [6.45, 7) is 0. The number of carbonyl (C=O) groups is 1.